The molecule has 3 aromatic rings. The fourth-order valence-electron chi connectivity index (χ4n) is 3.12. The molecule has 0 N–H and O–H groups in total. The molecule has 2 nitrogen and oxygen atoms in total. The SMILES string of the molecule is BrC[C@@H]1SC(N(c2ccccc2)c2ccccc2)=N[C@H]1c1ccccc1. The van der Waals surface area contributed by atoms with Crippen LogP contribution in [-0.4, -0.2) is 15.7 Å². The molecular weight excluding hydrogens is 404 g/mol. The molecule has 0 aliphatic carbocycles. The minimum atomic E-state index is 0.158. The summed E-state index contributed by atoms with van der Waals surface area (Å²) in [6.07, 6.45) is 0. The van der Waals surface area contributed by atoms with Crippen LogP contribution in [0.5, 0.6) is 0 Å². The van der Waals surface area contributed by atoms with Crippen molar-refractivity contribution in [2.45, 2.75) is 11.3 Å². The third-order valence-electron chi connectivity index (χ3n) is 4.37. The van der Waals surface area contributed by atoms with E-state index in [1.165, 1.54) is 5.56 Å². The zero-order valence-electron chi connectivity index (χ0n) is 14.2. The molecule has 4 rings (SSSR count). The van der Waals surface area contributed by atoms with Gasteiger partial charge in [0.05, 0.1) is 6.04 Å². The summed E-state index contributed by atoms with van der Waals surface area (Å²) in [5.41, 5.74) is 3.53. The van der Waals surface area contributed by atoms with Crippen LogP contribution in [0.25, 0.3) is 0 Å². The number of para-hydroxylation sites is 2. The number of halogens is 1. The van der Waals surface area contributed by atoms with Crippen molar-refractivity contribution in [1.82, 2.24) is 0 Å². The summed E-state index contributed by atoms with van der Waals surface area (Å²) < 4.78 is 0. The minimum Gasteiger partial charge on any atom is -0.290 e. The topological polar surface area (TPSA) is 15.6 Å². The van der Waals surface area contributed by atoms with Gasteiger partial charge in [0.25, 0.3) is 0 Å². The second-order valence-corrected chi connectivity index (χ2v) is 7.94. The zero-order chi connectivity index (χ0) is 17.8. The Morgan fingerprint density at radius 1 is 0.769 bits per heavy atom. The smallest absolute Gasteiger partial charge is 0.169 e. The molecule has 0 amide bonds. The van der Waals surface area contributed by atoms with Gasteiger partial charge in [-0.2, -0.15) is 0 Å². The number of thioether (sulfide) groups is 1. The van der Waals surface area contributed by atoms with Crippen LogP contribution in [0.2, 0.25) is 0 Å². The predicted molar refractivity (Wildman–Crippen MR) is 117 cm³/mol. The van der Waals surface area contributed by atoms with E-state index in [-0.39, 0.29) is 6.04 Å². The summed E-state index contributed by atoms with van der Waals surface area (Å²) in [5.74, 6) is 0. The Balaban J connectivity index is 1.76. The first kappa shape index (κ1) is 17.4. The van der Waals surface area contributed by atoms with Crippen LogP contribution < -0.4 is 4.90 Å². The van der Waals surface area contributed by atoms with E-state index in [0.29, 0.717) is 5.25 Å². The Kier molecular flexibility index (Phi) is 5.42. The van der Waals surface area contributed by atoms with Crippen molar-refractivity contribution in [2.24, 2.45) is 4.99 Å². The van der Waals surface area contributed by atoms with Gasteiger partial charge in [-0.1, -0.05) is 94.4 Å². The van der Waals surface area contributed by atoms with Gasteiger partial charge in [-0.15, -0.1) is 0 Å². The summed E-state index contributed by atoms with van der Waals surface area (Å²) in [5, 5.41) is 2.32. The normalized spacial score (nSPS) is 19.2. The molecule has 1 heterocycles. The van der Waals surface area contributed by atoms with Gasteiger partial charge in [0.2, 0.25) is 0 Å². The van der Waals surface area contributed by atoms with Crippen LogP contribution in [0.15, 0.2) is 96.0 Å². The molecule has 0 bridgehead atoms. The molecule has 0 saturated heterocycles. The highest BCUT2D eigenvalue weighted by Crippen LogP contribution is 2.42. The Labute approximate surface area is 167 Å². The van der Waals surface area contributed by atoms with Crippen LogP contribution in [0.1, 0.15) is 11.6 Å². The van der Waals surface area contributed by atoms with E-state index in [1.807, 2.05) is 23.9 Å². The van der Waals surface area contributed by atoms with Gasteiger partial charge >= 0.3 is 0 Å². The van der Waals surface area contributed by atoms with Crippen LogP contribution >= 0.6 is 27.7 Å². The molecule has 130 valence electrons. The maximum absolute atomic E-state index is 5.14. The number of rotatable bonds is 4. The number of anilines is 2. The number of amidine groups is 1. The molecular formula is C22H19BrN2S. The van der Waals surface area contributed by atoms with Crippen LogP contribution in [0, 0.1) is 0 Å². The largest absolute Gasteiger partial charge is 0.290 e. The molecule has 0 spiro atoms. The third-order valence-corrected chi connectivity index (χ3v) is 6.72. The Morgan fingerprint density at radius 2 is 1.27 bits per heavy atom. The van der Waals surface area contributed by atoms with Gasteiger partial charge in [0, 0.05) is 22.0 Å². The second kappa shape index (κ2) is 8.11. The van der Waals surface area contributed by atoms with Crippen molar-refractivity contribution in [2.75, 3.05) is 10.2 Å². The van der Waals surface area contributed by atoms with Gasteiger partial charge in [0.15, 0.2) is 5.17 Å². The van der Waals surface area contributed by atoms with Crippen molar-refractivity contribution in [1.29, 1.82) is 0 Å². The molecule has 0 fully saturated rings. The third kappa shape index (κ3) is 3.57. The fraction of sp³-hybridized carbons (Fsp3) is 0.136. The van der Waals surface area contributed by atoms with Crippen molar-refractivity contribution in [3.8, 4) is 0 Å². The Bertz CT molecular complexity index is 829. The van der Waals surface area contributed by atoms with Crippen molar-refractivity contribution in [3.05, 3.63) is 96.6 Å². The van der Waals surface area contributed by atoms with Crippen molar-refractivity contribution < 1.29 is 0 Å². The van der Waals surface area contributed by atoms with Gasteiger partial charge in [-0.3, -0.25) is 9.89 Å². The van der Waals surface area contributed by atoms with E-state index < -0.39 is 0 Å². The van der Waals surface area contributed by atoms with Crippen molar-refractivity contribution >= 4 is 44.2 Å². The lowest BCUT2D eigenvalue weighted by molar-refractivity contribution is 0.742. The number of aliphatic imine (C=N–C) groups is 1. The molecule has 26 heavy (non-hydrogen) atoms. The monoisotopic (exact) mass is 422 g/mol. The maximum Gasteiger partial charge on any atom is 0.169 e. The lowest BCUT2D eigenvalue weighted by Gasteiger charge is -2.24. The lowest BCUT2D eigenvalue weighted by atomic mass is 10.1. The average Bonchev–Trinajstić information content (AvgIpc) is 3.14. The van der Waals surface area contributed by atoms with E-state index >= 15 is 0 Å². The summed E-state index contributed by atoms with van der Waals surface area (Å²) >= 11 is 5.53. The molecule has 0 unspecified atom stereocenters. The summed E-state index contributed by atoms with van der Waals surface area (Å²) in [6.45, 7) is 0. The number of nitrogens with zero attached hydrogens (tertiary/aromatic N) is 2. The minimum absolute atomic E-state index is 0.158. The number of benzene rings is 3. The van der Waals surface area contributed by atoms with E-state index in [4.69, 9.17) is 4.99 Å². The highest BCUT2D eigenvalue weighted by molar-refractivity contribution is 9.09. The van der Waals surface area contributed by atoms with Crippen LogP contribution in [0.4, 0.5) is 11.4 Å². The molecule has 0 saturated carbocycles. The highest BCUT2D eigenvalue weighted by atomic mass is 79.9. The molecule has 1 aliphatic heterocycles. The summed E-state index contributed by atoms with van der Waals surface area (Å²) in [4.78, 5) is 7.39. The summed E-state index contributed by atoms with van der Waals surface area (Å²) in [6, 6.07) is 31.6. The molecule has 0 aromatic heterocycles. The number of alkyl halides is 1. The first-order chi connectivity index (χ1) is 12.9. The fourth-order valence-corrected chi connectivity index (χ4v) is 5.04. The molecule has 3 aromatic carbocycles. The van der Waals surface area contributed by atoms with Crippen LogP contribution in [-0.2, 0) is 0 Å². The molecule has 0 radical (unpaired) electrons. The van der Waals surface area contributed by atoms with Crippen LogP contribution in [0.3, 0.4) is 0 Å². The van der Waals surface area contributed by atoms with Gasteiger partial charge in [-0.05, 0) is 29.8 Å². The first-order valence-electron chi connectivity index (χ1n) is 8.62. The zero-order valence-corrected chi connectivity index (χ0v) is 16.6. The summed E-state index contributed by atoms with van der Waals surface area (Å²) in [7, 11) is 0. The number of hydrogen-bond donors (Lipinski definition) is 0. The van der Waals surface area contributed by atoms with Crippen molar-refractivity contribution in [3.63, 3.8) is 0 Å². The predicted octanol–water partition coefficient (Wildman–Crippen LogP) is 6.43. The highest BCUT2D eigenvalue weighted by Gasteiger charge is 2.34. The Morgan fingerprint density at radius 3 is 1.77 bits per heavy atom. The van der Waals surface area contributed by atoms with Gasteiger partial charge in [0.1, 0.15) is 0 Å². The molecule has 2 atom stereocenters. The quantitative estimate of drug-likeness (QED) is 0.449. The van der Waals surface area contributed by atoms with E-state index in [9.17, 15) is 0 Å². The van der Waals surface area contributed by atoms with E-state index in [1.54, 1.807) is 0 Å². The van der Waals surface area contributed by atoms with E-state index in [0.717, 1.165) is 21.9 Å². The maximum atomic E-state index is 5.14. The van der Waals surface area contributed by atoms with E-state index in [2.05, 4.69) is 99.7 Å². The van der Waals surface area contributed by atoms with Gasteiger partial charge in [-0.25, -0.2) is 0 Å². The number of hydrogen-bond acceptors (Lipinski definition) is 3. The average molecular weight is 423 g/mol. The molecule has 1 aliphatic rings. The van der Waals surface area contributed by atoms with Gasteiger partial charge < -0.3 is 0 Å². The standard InChI is InChI=1S/C22H19BrN2S/c23-16-20-21(17-10-4-1-5-11-17)24-22(26-20)25(18-12-6-2-7-13-18)19-14-8-3-9-15-19/h1-15,20-21H,16H2/t20-,21-/m0/s1. The first-order valence-corrected chi connectivity index (χ1v) is 10.6. The second-order valence-electron chi connectivity index (χ2n) is 6.08. The Hall–Kier alpha value is -2.04. The lowest BCUT2D eigenvalue weighted by Crippen LogP contribution is -2.22. The molecule has 4 heteroatoms.